The molecule has 9 rings (SSSR count). The zero-order valence-electron chi connectivity index (χ0n) is 34.0. The van der Waals surface area contributed by atoms with Crippen LogP contribution in [0.3, 0.4) is 0 Å². The Morgan fingerprint density at radius 2 is 1.70 bits per heavy atom. The van der Waals surface area contributed by atoms with Gasteiger partial charge in [0.2, 0.25) is 27.4 Å². The van der Waals surface area contributed by atoms with E-state index in [1.807, 2.05) is 48.6 Å². The molecule has 1 saturated heterocycles. The van der Waals surface area contributed by atoms with Gasteiger partial charge in [0.1, 0.15) is 46.7 Å². The third kappa shape index (κ3) is 8.48. The van der Waals surface area contributed by atoms with Crippen molar-refractivity contribution in [1.82, 2.24) is 30.2 Å². The van der Waals surface area contributed by atoms with Crippen LogP contribution in [0, 0.1) is 5.92 Å². The predicted octanol–water partition coefficient (Wildman–Crippen LogP) is 5.44. The van der Waals surface area contributed by atoms with Crippen molar-refractivity contribution < 1.29 is 46.2 Å². The van der Waals surface area contributed by atoms with Crippen LogP contribution in [0.2, 0.25) is 0 Å². The Hall–Kier alpha value is -5.71. The van der Waals surface area contributed by atoms with Crippen LogP contribution < -0.4 is 24.8 Å². The Bertz CT molecular complexity index is 2480. The monoisotopic (exact) mass is 854 g/mol. The molecule has 5 aliphatic rings. The molecule has 4 fully saturated rings. The number of amides is 4. The zero-order valence-corrected chi connectivity index (χ0v) is 34.8. The predicted molar refractivity (Wildman–Crippen MR) is 223 cm³/mol. The summed E-state index contributed by atoms with van der Waals surface area (Å²) in [4.78, 5) is 67.6. The number of carbonyl (C=O) groups excluding carboxylic acids is 4. The van der Waals surface area contributed by atoms with Gasteiger partial charge in [-0.2, -0.15) is 4.98 Å². The van der Waals surface area contributed by atoms with Crippen LogP contribution in [-0.2, 0) is 29.1 Å². The van der Waals surface area contributed by atoms with E-state index < -0.39 is 68.7 Å². The number of benzene rings is 2. The Morgan fingerprint density at radius 1 is 0.934 bits per heavy atom. The molecule has 16 nitrogen and oxygen atoms in total. The minimum atomic E-state index is -3.92. The van der Waals surface area contributed by atoms with Crippen LogP contribution in [0.25, 0.3) is 33.5 Å². The first-order chi connectivity index (χ1) is 29.5. The van der Waals surface area contributed by atoms with Crippen LogP contribution in [0.5, 0.6) is 11.6 Å². The lowest BCUT2D eigenvalue weighted by Crippen LogP contribution is -2.58. The number of alkyl carbamates (subject to hydrolysis) is 1. The molecule has 3 saturated carbocycles. The van der Waals surface area contributed by atoms with E-state index in [-0.39, 0.29) is 37.0 Å². The summed E-state index contributed by atoms with van der Waals surface area (Å²) in [6.07, 6.45) is 9.79. The summed E-state index contributed by atoms with van der Waals surface area (Å²) in [5.74, 6) is -1.28. The summed E-state index contributed by atoms with van der Waals surface area (Å²) in [6.45, 7) is -0.0745. The first kappa shape index (κ1) is 40.7. The van der Waals surface area contributed by atoms with Gasteiger partial charge in [0.25, 0.3) is 11.8 Å². The van der Waals surface area contributed by atoms with Crippen LogP contribution in [0.1, 0.15) is 83.5 Å². The number of nitrogens with zero attached hydrogens (tertiary/aromatic N) is 3. The normalized spacial score (nSPS) is 26.7. The number of nitrogens with one attached hydrogen (secondary N) is 3. The van der Waals surface area contributed by atoms with Gasteiger partial charge in [-0.3, -0.25) is 19.1 Å². The maximum Gasteiger partial charge on any atom is 0.408 e. The van der Waals surface area contributed by atoms with E-state index in [0.29, 0.717) is 60.3 Å². The number of aromatic nitrogens is 2. The summed E-state index contributed by atoms with van der Waals surface area (Å²) >= 11 is 0. The maximum absolute atomic E-state index is 14.8. The number of methoxy groups -OCH3 is 1. The second-order valence-electron chi connectivity index (χ2n) is 16.9. The number of carbonyl (C=O) groups is 4. The Labute approximate surface area is 353 Å². The molecule has 2 aromatic heterocycles. The third-order valence-corrected chi connectivity index (χ3v) is 14.3. The van der Waals surface area contributed by atoms with Crippen molar-refractivity contribution in [2.24, 2.45) is 5.92 Å². The Kier molecular flexibility index (Phi) is 11.1. The molecule has 4 amide bonds. The molecule has 0 spiro atoms. The van der Waals surface area contributed by atoms with Crippen LogP contribution >= 0.6 is 0 Å². The second-order valence-corrected chi connectivity index (χ2v) is 18.8. The number of furan rings is 1. The smallest absolute Gasteiger partial charge is 0.408 e. The molecule has 3 N–H and O–H groups in total. The lowest BCUT2D eigenvalue weighted by molar-refractivity contribution is -0.141. The number of rotatable bonds is 9. The van der Waals surface area contributed by atoms with E-state index in [2.05, 4.69) is 15.4 Å². The maximum atomic E-state index is 14.8. The number of hydrogen-bond acceptors (Lipinski definition) is 12. The highest BCUT2D eigenvalue weighted by atomic mass is 32.2. The molecule has 4 aromatic rings. The summed E-state index contributed by atoms with van der Waals surface area (Å²) in [5, 5.41) is 5.83. The van der Waals surface area contributed by atoms with Crippen molar-refractivity contribution in [3.63, 3.8) is 0 Å². The average molecular weight is 855 g/mol. The highest BCUT2D eigenvalue weighted by molar-refractivity contribution is 7.91. The molecule has 0 radical (unpaired) electrons. The van der Waals surface area contributed by atoms with Gasteiger partial charge in [-0.15, -0.1) is 0 Å². The van der Waals surface area contributed by atoms with Crippen LogP contribution in [-0.4, -0.2) is 95.8 Å². The average Bonchev–Trinajstić information content (AvgIpc) is 4.06. The van der Waals surface area contributed by atoms with Gasteiger partial charge in [0, 0.05) is 23.3 Å². The fraction of sp³-hybridized carbons (Fsp3) is 0.500. The van der Waals surface area contributed by atoms with Gasteiger partial charge < -0.3 is 34.2 Å². The van der Waals surface area contributed by atoms with Crippen LogP contribution in [0.4, 0.5) is 4.79 Å². The third-order valence-electron chi connectivity index (χ3n) is 12.5. The van der Waals surface area contributed by atoms with E-state index in [1.165, 1.54) is 4.90 Å². The summed E-state index contributed by atoms with van der Waals surface area (Å²) in [6, 6.07) is 12.5. The van der Waals surface area contributed by atoms with Gasteiger partial charge in [0.05, 0.1) is 18.9 Å². The second kappa shape index (κ2) is 16.6. The van der Waals surface area contributed by atoms with Crippen molar-refractivity contribution in [2.75, 3.05) is 13.7 Å². The van der Waals surface area contributed by atoms with E-state index in [4.69, 9.17) is 28.6 Å². The van der Waals surface area contributed by atoms with E-state index in [1.54, 1.807) is 19.2 Å². The van der Waals surface area contributed by atoms with Crippen molar-refractivity contribution in [2.45, 2.75) is 119 Å². The molecular formula is C44H50N6O10S. The fourth-order valence-corrected chi connectivity index (χ4v) is 10.2. The quantitative estimate of drug-likeness (QED) is 0.180. The molecule has 4 heterocycles. The Morgan fingerprint density at radius 3 is 2.48 bits per heavy atom. The number of hydrogen-bond donors (Lipinski definition) is 3. The van der Waals surface area contributed by atoms with E-state index in [0.717, 1.165) is 43.9 Å². The van der Waals surface area contributed by atoms with Gasteiger partial charge >= 0.3 is 6.09 Å². The molecule has 5 atom stereocenters. The van der Waals surface area contributed by atoms with E-state index >= 15 is 0 Å². The fourth-order valence-electron chi connectivity index (χ4n) is 8.85. The SMILES string of the molecule is COc1ccc(-c2nc(O[C@@H]3C[C@H]4C(=O)N[C@]5(C(=O)NS(=O)(=O)C6CC6)C[C@H]5/C=C\CCCCC[C@H](NC(=O)OC5CCCC5)C(=O)N4C3)c3oc4ccccc4c3n2)cc1. The van der Waals surface area contributed by atoms with E-state index in [9.17, 15) is 27.6 Å². The highest BCUT2D eigenvalue weighted by Gasteiger charge is 2.62. The number of para-hydroxylation sites is 1. The largest absolute Gasteiger partial charge is 0.497 e. The molecule has 17 heteroatoms. The number of ether oxygens (including phenoxy) is 3. The lowest BCUT2D eigenvalue weighted by atomic mass is 10.0. The number of fused-ring (bicyclic) bond motifs is 5. The summed E-state index contributed by atoms with van der Waals surface area (Å²) in [7, 11) is -2.34. The summed E-state index contributed by atoms with van der Waals surface area (Å²) in [5.41, 5.74) is 0.515. The van der Waals surface area contributed by atoms with Crippen molar-refractivity contribution in [3.8, 4) is 23.0 Å². The van der Waals surface area contributed by atoms with Gasteiger partial charge in [0.15, 0.2) is 5.82 Å². The zero-order chi connectivity index (χ0) is 42.3. The molecule has 322 valence electrons. The Balaban J connectivity index is 1.05. The molecule has 2 aliphatic heterocycles. The first-order valence-electron chi connectivity index (χ1n) is 21.3. The standard InChI is InChI=1S/C44H50N6O10S/c1-57-28-19-17-26(18-20-28)38-46-36-32-14-9-10-16-35(32)60-37(36)40(47-38)58-30-23-34-39(51)48-44(42(53)49-61(55,56)31-21-22-31)24-27(44)11-5-3-2-4-6-15-33(41(52)50(34)25-30)45-43(54)59-29-12-7-8-13-29/h5,9-11,14,16-20,27,29-31,33-34H,2-4,6-8,12-13,15,21-25H2,1H3,(H,45,54)(H,48,51)(H,49,53)/b11-5-/t27-,30-,33+,34+,44-/m1/s1. The molecule has 3 aliphatic carbocycles. The molecular weight excluding hydrogens is 805 g/mol. The first-order valence-corrected chi connectivity index (χ1v) is 22.9. The summed E-state index contributed by atoms with van der Waals surface area (Å²) < 4.78 is 52.1. The molecule has 61 heavy (non-hydrogen) atoms. The van der Waals surface area contributed by atoms with Crippen molar-refractivity contribution in [1.29, 1.82) is 0 Å². The molecule has 2 aromatic carbocycles. The topological polar surface area (TPSA) is 208 Å². The molecule has 0 unspecified atom stereocenters. The lowest BCUT2D eigenvalue weighted by Gasteiger charge is -2.30. The van der Waals surface area contributed by atoms with Crippen molar-refractivity contribution >= 4 is 55.9 Å². The van der Waals surface area contributed by atoms with Gasteiger partial charge in [-0.05, 0) is 101 Å². The highest BCUT2D eigenvalue weighted by Crippen LogP contribution is 2.46. The van der Waals surface area contributed by atoms with Gasteiger partial charge in [-0.1, -0.05) is 37.1 Å². The van der Waals surface area contributed by atoms with Crippen molar-refractivity contribution in [3.05, 3.63) is 60.7 Å². The number of allylic oxidation sites excluding steroid dienone is 1. The molecule has 0 bridgehead atoms. The number of sulfonamides is 1. The minimum absolute atomic E-state index is 0.0149. The minimum Gasteiger partial charge on any atom is -0.497 e. The van der Waals surface area contributed by atoms with Crippen LogP contribution in [0.15, 0.2) is 65.1 Å². The van der Waals surface area contributed by atoms with Gasteiger partial charge in [-0.25, -0.2) is 18.2 Å².